The maximum absolute atomic E-state index is 13.7. The Kier molecular flexibility index (Phi) is 4.13. The van der Waals surface area contributed by atoms with E-state index in [0.29, 0.717) is 22.2 Å². The lowest BCUT2D eigenvalue weighted by molar-refractivity contribution is 0.345. The van der Waals surface area contributed by atoms with E-state index in [-0.39, 0.29) is 11.6 Å². The molecule has 31 heavy (non-hydrogen) atoms. The Bertz CT molecular complexity index is 1490. The molecule has 0 spiro atoms. The summed E-state index contributed by atoms with van der Waals surface area (Å²) in [5.41, 5.74) is 5.58. The van der Waals surface area contributed by atoms with E-state index < -0.39 is 0 Å². The summed E-state index contributed by atoms with van der Waals surface area (Å²) in [5.74, 6) is 0. The van der Waals surface area contributed by atoms with Crippen molar-refractivity contribution in [3.8, 4) is 5.69 Å². The topological polar surface area (TPSA) is 65.6 Å². The fourth-order valence-corrected chi connectivity index (χ4v) is 4.81. The van der Waals surface area contributed by atoms with Crippen LogP contribution >= 0.6 is 0 Å². The van der Waals surface area contributed by atoms with Crippen molar-refractivity contribution < 1.29 is 0 Å². The van der Waals surface area contributed by atoms with Crippen LogP contribution in [0.2, 0.25) is 0 Å². The highest BCUT2D eigenvalue weighted by Crippen LogP contribution is 2.31. The second-order valence-electron chi connectivity index (χ2n) is 8.50. The van der Waals surface area contributed by atoms with Gasteiger partial charge in [-0.05, 0) is 44.0 Å². The number of hydrogen-bond donors (Lipinski definition) is 0. The van der Waals surface area contributed by atoms with Gasteiger partial charge >= 0.3 is 0 Å². The van der Waals surface area contributed by atoms with Crippen LogP contribution < -0.4 is 5.56 Å². The molecule has 0 bridgehead atoms. The van der Waals surface area contributed by atoms with Crippen molar-refractivity contribution in [1.29, 1.82) is 0 Å². The quantitative estimate of drug-likeness (QED) is 0.407. The molecule has 0 amide bonds. The number of nitrogens with zero attached hydrogens (tertiary/aromatic N) is 5. The monoisotopic (exact) mass is 409 g/mol. The lowest BCUT2D eigenvalue weighted by Gasteiger charge is -2.23. The molecular weight excluding hydrogens is 386 g/mol. The highest BCUT2D eigenvalue weighted by atomic mass is 16.1. The summed E-state index contributed by atoms with van der Waals surface area (Å²) in [4.78, 5) is 28.3. The van der Waals surface area contributed by atoms with E-state index in [9.17, 15) is 4.79 Å². The van der Waals surface area contributed by atoms with Gasteiger partial charge in [-0.25, -0.2) is 15.0 Å². The minimum Gasteiger partial charge on any atom is -0.295 e. The molecule has 0 N–H and O–H groups in total. The third-order valence-corrected chi connectivity index (χ3v) is 6.45. The molecule has 1 aliphatic carbocycles. The first-order valence-electron chi connectivity index (χ1n) is 11.0. The number of aryl methyl sites for hydroxylation is 1. The fourth-order valence-electron chi connectivity index (χ4n) is 4.81. The van der Waals surface area contributed by atoms with Gasteiger partial charge in [-0.1, -0.05) is 49.1 Å². The van der Waals surface area contributed by atoms with Crippen LogP contribution in [0.4, 0.5) is 0 Å². The molecule has 1 fully saturated rings. The van der Waals surface area contributed by atoms with Gasteiger partial charge in [-0.2, -0.15) is 0 Å². The molecule has 6 nitrogen and oxygen atoms in total. The van der Waals surface area contributed by atoms with E-state index in [1.807, 2.05) is 45.5 Å². The van der Waals surface area contributed by atoms with Crippen LogP contribution in [0.3, 0.4) is 0 Å². The van der Waals surface area contributed by atoms with E-state index in [1.165, 1.54) is 12.0 Å². The van der Waals surface area contributed by atoms with Gasteiger partial charge in [0, 0.05) is 11.7 Å². The van der Waals surface area contributed by atoms with Crippen LogP contribution in [0.15, 0.2) is 59.7 Å². The van der Waals surface area contributed by atoms with E-state index >= 15 is 0 Å². The Balaban J connectivity index is 1.72. The van der Waals surface area contributed by atoms with Crippen LogP contribution in [-0.2, 0) is 0 Å². The van der Waals surface area contributed by atoms with Crippen molar-refractivity contribution in [1.82, 2.24) is 24.1 Å². The van der Waals surface area contributed by atoms with Crippen molar-refractivity contribution in [3.05, 3.63) is 70.8 Å². The molecule has 2 aromatic carbocycles. The van der Waals surface area contributed by atoms with Crippen LogP contribution in [0.25, 0.3) is 38.9 Å². The van der Waals surface area contributed by atoms with Gasteiger partial charge in [0.05, 0.1) is 11.0 Å². The lowest BCUT2D eigenvalue weighted by Crippen LogP contribution is -2.26. The number of para-hydroxylation sites is 2. The minimum absolute atomic E-state index is 0.0163. The van der Waals surface area contributed by atoms with Crippen LogP contribution in [0, 0.1) is 6.92 Å². The molecule has 0 atom stereocenters. The van der Waals surface area contributed by atoms with Gasteiger partial charge in [0.25, 0.3) is 5.56 Å². The van der Waals surface area contributed by atoms with Crippen LogP contribution in [0.1, 0.15) is 43.7 Å². The van der Waals surface area contributed by atoms with Crippen molar-refractivity contribution in [3.63, 3.8) is 0 Å². The third-order valence-electron chi connectivity index (χ3n) is 6.45. The molecule has 3 heterocycles. The lowest BCUT2D eigenvalue weighted by atomic mass is 9.95. The highest BCUT2D eigenvalue weighted by Gasteiger charge is 2.23. The Morgan fingerprint density at radius 2 is 1.58 bits per heavy atom. The maximum atomic E-state index is 13.7. The molecule has 154 valence electrons. The molecule has 0 radical (unpaired) electrons. The second-order valence-corrected chi connectivity index (χ2v) is 8.50. The van der Waals surface area contributed by atoms with Gasteiger partial charge in [0.15, 0.2) is 11.3 Å². The predicted molar refractivity (Wildman–Crippen MR) is 123 cm³/mol. The number of benzene rings is 2. The molecule has 5 aromatic rings. The summed E-state index contributed by atoms with van der Waals surface area (Å²) in [6, 6.07) is 16.2. The molecule has 0 unspecified atom stereocenters. The SMILES string of the molecule is Cc1ccc(-n2c3nc4ccccc4nc3c3c(=O)n(C4CCCCC4)cnc32)cc1. The van der Waals surface area contributed by atoms with Gasteiger partial charge in [0.1, 0.15) is 17.2 Å². The van der Waals surface area contributed by atoms with Crippen molar-refractivity contribution in [2.75, 3.05) is 0 Å². The summed E-state index contributed by atoms with van der Waals surface area (Å²) < 4.78 is 3.80. The zero-order chi connectivity index (χ0) is 20.9. The predicted octanol–water partition coefficient (Wildman–Crippen LogP) is 5.10. The number of rotatable bonds is 2. The Morgan fingerprint density at radius 1 is 0.871 bits per heavy atom. The average molecular weight is 409 g/mol. The number of fused-ring (bicyclic) bond motifs is 4. The molecule has 0 aliphatic heterocycles. The Labute approximate surface area is 179 Å². The van der Waals surface area contributed by atoms with Gasteiger partial charge in [0.2, 0.25) is 0 Å². The van der Waals surface area contributed by atoms with Crippen molar-refractivity contribution >= 4 is 33.2 Å². The first kappa shape index (κ1) is 18.2. The molecular formula is C25H23N5O. The number of hydrogen-bond acceptors (Lipinski definition) is 4. The van der Waals surface area contributed by atoms with Crippen molar-refractivity contribution in [2.24, 2.45) is 0 Å². The third kappa shape index (κ3) is 2.86. The zero-order valence-electron chi connectivity index (χ0n) is 17.5. The van der Waals surface area contributed by atoms with Crippen LogP contribution in [0.5, 0.6) is 0 Å². The smallest absolute Gasteiger partial charge is 0.265 e. The number of aromatic nitrogens is 5. The van der Waals surface area contributed by atoms with Gasteiger partial charge in [-0.3, -0.25) is 13.9 Å². The van der Waals surface area contributed by atoms with E-state index in [2.05, 4.69) is 19.1 Å². The Morgan fingerprint density at radius 3 is 2.32 bits per heavy atom. The molecule has 1 aliphatic rings. The summed E-state index contributed by atoms with van der Waals surface area (Å²) >= 11 is 0. The van der Waals surface area contributed by atoms with Gasteiger partial charge in [-0.15, -0.1) is 0 Å². The largest absolute Gasteiger partial charge is 0.295 e. The Hall–Kier alpha value is -3.54. The fraction of sp³-hybridized carbons (Fsp3) is 0.280. The average Bonchev–Trinajstić information content (AvgIpc) is 3.13. The summed E-state index contributed by atoms with van der Waals surface area (Å²) in [5, 5.41) is 0.557. The molecule has 6 heteroatoms. The zero-order valence-corrected chi connectivity index (χ0v) is 17.5. The maximum Gasteiger partial charge on any atom is 0.265 e. The summed E-state index contributed by atoms with van der Waals surface area (Å²) in [7, 11) is 0. The molecule has 6 rings (SSSR count). The molecule has 1 saturated carbocycles. The van der Waals surface area contributed by atoms with Crippen molar-refractivity contribution in [2.45, 2.75) is 45.1 Å². The van der Waals surface area contributed by atoms with E-state index in [4.69, 9.17) is 15.0 Å². The summed E-state index contributed by atoms with van der Waals surface area (Å²) in [6.45, 7) is 2.06. The van der Waals surface area contributed by atoms with Crippen LogP contribution in [-0.4, -0.2) is 24.1 Å². The van der Waals surface area contributed by atoms with E-state index in [0.717, 1.165) is 42.4 Å². The second kappa shape index (κ2) is 7.01. The molecule has 3 aromatic heterocycles. The highest BCUT2D eigenvalue weighted by molar-refractivity contribution is 6.05. The summed E-state index contributed by atoms with van der Waals surface area (Å²) in [6.07, 6.45) is 7.33. The van der Waals surface area contributed by atoms with E-state index in [1.54, 1.807) is 6.33 Å². The normalized spacial score (nSPS) is 15.3. The standard InChI is InChI=1S/C25H23N5O/c1-16-11-13-18(14-12-16)30-23-21(22-24(30)28-20-10-6-5-9-19(20)27-22)25(31)29(15-26-23)17-7-3-2-4-8-17/h5-6,9-15,17H,2-4,7-8H2,1H3. The first-order valence-corrected chi connectivity index (χ1v) is 11.0. The minimum atomic E-state index is -0.0163. The van der Waals surface area contributed by atoms with Gasteiger partial charge < -0.3 is 0 Å². The molecule has 0 saturated heterocycles. The first-order chi connectivity index (χ1) is 15.2.